The number of H-pyrrole nitrogens is 1. The fourth-order valence-corrected chi connectivity index (χ4v) is 1.55. The van der Waals surface area contributed by atoms with Gasteiger partial charge in [-0.3, -0.25) is 4.98 Å². The summed E-state index contributed by atoms with van der Waals surface area (Å²) in [6, 6.07) is 4.96. The summed E-state index contributed by atoms with van der Waals surface area (Å²) >= 11 is 5.84. The van der Waals surface area contributed by atoms with Crippen molar-refractivity contribution in [1.82, 2.24) is 15.0 Å². The lowest BCUT2D eigenvalue weighted by atomic mass is 10.2. The zero-order valence-electron chi connectivity index (χ0n) is 8.90. The summed E-state index contributed by atoms with van der Waals surface area (Å²) in [7, 11) is 1.50. The Labute approximate surface area is 101 Å². The number of benzene rings is 1. The highest BCUT2D eigenvalue weighted by Gasteiger charge is 2.10. The predicted molar refractivity (Wildman–Crippen MR) is 64.1 cm³/mol. The van der Waals surface area contributed by atoms with E-state index in [0.29, 0.717) is 16.3 Å². The monoisotopic (exact) mass is 252 g/mol. The van der Waals surface area contributed by atoms with Crippen LogP contribution in [0, 0.1) is 0 Å². The van der Waals surface area contributed by atoms with Gasteiger partial charge in [0.2, 0.25) is 5.95 Å². The van der Waals surface area contributed by atoms with Gasteiger partial charge in [-0.05, 0) is 18.2 Å². The molecule has 0 aliphatic carbocycles. The summed E-state index contributed by atoms with van der Waals surface area (Å²) in [6.45, 7) is 0. The Morgan fingerprint density at radius 2 is 2.18 bits per heavy atom. The molecule has 0 unspecified atom stereocenters. The number of anilines is 1. The average Bonchev–Trinajstić information content (AvgIpc) is 2.27. The smallest absolute Gasteiger partial charge is 0.349 e. The third-order valence-corrected chi connectivity index (χ3v) is 2.32. The number of nitrogens with one attached hydrogen (secondary N) is 1. The number of hydrogen-bond donors (Lipinski definition) is 2. The number of methoxy groups -OCH3 is 1. The largest absolute Gasteiger partial charge is 0.496 e. The Hall–Kier alpha value is -2.08. The number of halogens is 1. The van der Waals surface area contributed by atoms with Gasteiger partial charge in [-0.2, -0.15) is 9.97 Å². The van der Waals surface area contributed by atoms with Gasteiger partial charge < -0.3 is 10.5 Å². The van der Waals surface area contributed by atoms with Gasteiger partial charge in [0, 0.05) is 5.02 Å². The summed E-state index contributed by atoms with van der Waals surface area (Å²) in [4.78, 5) is 21.0. The van der Waals surface area contributed by atoms with E-state index >= 15 is 0 Å². The van der Waals surface area contributed by atoms with Crippen LogP contribution in [-0.2, 0) is 0 Å². The molecule has 88 valence electrons. The lowest BCUT2D eigenvalue weighted by Gasteiger charge is -2.07. The molecule has 0 aliphatic heterocycles. The molecular weight excluding hydrogens is 244 g/mol. The first-order chi connectivity index (χ1) is 8.10. The first-order valence-corrected chi connectivity index (χ1v) is 5.05. The van der Waals surface area contributed by atoms with E-state index in [-0.39, 0.29) is 11.8 Å². The van der Waals surface area contributed by atoms with Crippen LogP contribution < -0.4 is 16.2 Å². The summed E-state index contributed by atoms with van der Waals surface area (Å²) in [6.07, 6.45) is 0. The van der Waals surface area contributed by atoms with Crippen LogP contribution in [-0.4, -0.2) is 22.1 Å². The van der Waals surface area contributed by atoms with E-state index in [1.807, 2.05) is 0 Å². The van der Waals surface area contributed by atoms with Crippen molar-refractivity contribution in [1.29, 1.82) is 0 Å². The number of ether oxygens (including phenoxy) is 1. The van der Waals surface area contributed by atoms with Crippen molar-refractivity contribution in [2.24, 2.45) is 0 Å². The maximum absolute atomic E-state index is 11.2. The van der Waals surface area contributed by atoms with E-state index in [2.05, 4.69) is 15.0 Å². The highest BCUT2D eigenvalue weighted by molar-refractivity contribution is 6.30. The number of aromatic amines is 1. The van der Waals surface area contributed by atoms with Crippen molar-refractivity contribution in [3.05, 3.63) is 33.7 Å². The molecule has 17 heavy (non-hydrogen) atoms. The van der Waals surface area contributed by atoms with E-state index in [1.165, 1.54) is 7.11 Å². The fraction of sp³-hybridized carbons (Fsp3) is 0.100. The molecule has 1 aromatic heterocycles. The second-order valence-electron chi connectivity index (χ2n) is 3.21. The van der Waals surface area contributed by atoms with Crippen LogP contribution in [0.4, 0.5) is 5.95 Å². The van der Waals surface area contributed by atoms with Gasteiger partial charge in [0.1, 0.15) is 11.6 Å². The van der Waals surface area contributed by atoms with E-state index in [0.717, 1.165) is 0 Å². The van der Waals surface area contributed by atoms with Crippen molar-refractivity contribution < 1.29 is 4.74 Å². The molecule has 2 rings (SSSR count). The Bertz CT molecular complexity index is 611. The number of aromatic nitrogens is 3. The summed E-state index contributed by atoms with van der Waals surface area (Å²) in [5.74, 6) is 0.683. The van der Waals surface area contributed by atoms with Crippen molar-refractivity contribution in [3.8, 4) is 17.1 Å². The summed E-state index contributed by atoms with van der Waals surface area (Å²) < 4.78 is 5.15. The third kappa shape index (κ3) is 2.36. The maximum atomic E-state index is 11.2. The highest BCUT2D eigenvalue weighted by Crippen LogP contribution is 2.29. The molecule has 0 amide bonds. The van der Waals surface area contributed by atoms with Gasteiger partial charge in [-0.25, -0.2) is 4.79 Å². The molecule has 0 atom stereocenters. The molecule has 1 aromatic carbocycles. The van der Waals surface area contributed by atoms with E-state index in [9.17, 15) is 4.79 Å². The molecule has 1 heterocycles. The number of rotatable bonds is 2. The summed E-state index contributed by atoms with van der Waals surface area (Å²) in [5, 5.41) is 0.523. The molecule has 0 radical (unpaired) electrons. The Morgan fingerprint density at radius 3 is 2.82 bits per heavy atom. The number of nitrogens with two attached hydrogens (primary N) is 1. The first-order valence-electron chi connectivity index (χ1n) is 4.68. The van der Waals surface area contributed by atoms with E-state index < -0.39 is 5.69 Å². The molecule has 0 saturated heterocycles. The van der Waals surface area contributed by atoms with Crippen LogP contribution in [0.3, 0.4) is 0 Å². The molecule has 3 N–H and O–H groups in total. The van der Waals surface area contributed by atoms with Crippen LogP contribution in [0.15, 0.2) is 23.0 Å². The van der Waals surface area contributed by atoms with Crippen LogP contribution in [0.2, 0.25) is 5.02 Å². The van der Waals surface area contributed by atoms with Crippen molar-refractivity contribution in [2.45, 2.75) is 0 Å². The van der Waals surface area contributed by atoms with Crippen LogP contribution in [0.25, 0.3) is 11.4 Å². The third-order valence-electron chi connectivity index (χ3n) is 2.09. The minimum absolute atomic E-state index is 0.0965. The van der Waals surface area contributed by atoms with Gasteiger partial charge >= 0.3 is 5.69 Å². The second-order valence-corrected chi connectivity index (χ2v) is 3.64. The van der Waals surface area contributed by atoms with Crippen molar-refractivity contribution in [3.63, 3.8) is 0 Å². The zero-order chi connectivity index (χ0) is 12.4. The fourth-order valence-electron chi connectivity index (χ4n) is 1.39. The quantitative estimate of drug-likeness (QED) is 0.834. The van der Waals surface area contributed by atoms with Crippen LogP contribution in [0.5, 0.6) is 5.75 Å². The molecule has 2 aromatic rings. The average molecular weight is 253 g/mol. The van der Waals surface area contributed by atoms with Crippen molar-refractivity contribution >= 4 is 17.5 Å². The van der Waals surface area contributed by atoms with Crippen molar-refractivity contribution in [2.75, 3.05) is 12.8 Å². The molecular formula is C10H9ClN4O2. The molecule has 6 nitrogen and oxygen atoms in total. The van der Waals surface area contributed by atoms with Gasteiger partial charge in [-0.1, -0.05) is 11.6 Å². The summed E-state index contributed by atoms with van der Waals surface area (Å²) in [5.41, 5.74) is 5.43. The van der Waals surface area contributed by atoms with Crippen LogP contribution >= 0.6 is 11.6 Å². The Morgan fingerprint density at radius 1 is 1.41 bits per heavy atom. The normalized spacial score (nSPS) is 10.2. The molecule has 7 heteroatoms. The number of nitrogens with zero attached hydrogens (tertiary/aromatic N) is 2. The minimum Gasteiger partial charge on any atom is -0.496 e. The number of nitrogen functional groups attached to an aromatic ring is 1. The van der Waals surface area contributed by atoms with Gasteiger partial charge in [0.25, 0.3) is 0 Å². The Balaban J connectivity index is 2.63. The topological polar surface area (TPSA) is 93.9 Å². The minimum atomic E-state index is -0.565. The molecule has 0 spiro atoms. The van der Waals surface area contributed by atoms with E-state index in [4.69, 9.17) is 22.1 Å². The van der Waals surface area contributed by atoms with Gasteiger partial charge in [0.05, 0.1) is 12.7 Å². The zero-order valence-corrected chi connectivity index (χ0v) is 9.65. The molecule has 0 aliphatic rings. The SMILES string of the molecule is COc1cc(Cl)ccc1-c1nc(N)nc(=O)[nH]1. The Kier molecular flexibility index (Phi) is 2.97. The van der Waals surface area contributed by atoms with E-state index in [1.54, 1.807) is 18.2 Å². The van der Waals surface area contributed by atoms with Crippen LogP contribution in [0.1, 0.15) is 0 Å². The van der Waals surface area contributed by atoms with Gasteiger partial charge in [0.15, 0.2) is 0 Å². The predicted octanol–water partition coefficient (Wildman–Crippen LogP) is 1.08. The standard InChI is InChI=1S/C10H9ClN4O2/c1-17-7-4-5(11)2-3-6(7)8-13-9(12)15-10(16)14-8/h2-4H,1H3,(H3,12,13,14,15,16). The lowest BCUT2D eigenvalue weighted by molar-refractivity contribution is 0.416. The first kappa shape index (κ1) is 11.4. The molecule has 0 bridgehead atoms. The lowest BCUT2D eigenvalue weighted by Crippen LogP contribution is -2.15. The maximum Gasteiger partial charge on any atom is 0.349 e. The van der Waals surface area contributed by atoms with Gasteiger partial charge in [-0.15, -0.1) is 0 Å². The molecule has 0 fully saturated rings. The highest BCUT2D eigenvalue weighted by atomic mass is 35.5. The number of hydrogen-bond acceptors (Lipinski definition) is 5. The molecule has 0 saturated carbocycles. The second kappa shape index (κ2) is 4.42.